The molecular weight excluding hydrogens is 300 g/mol. The summed E-state index contributed by atoms with van der Waals surface area (Å²) >= 11 is 0. The largest absolute Gasteiger partial charge is 0.367 e. The van der Waals surface area contributed by atoms with E-state index >= 15 is 0 Å². The molecule has 1 aromatic carbocycles. The zero-order valence-corrected chi connectivity index (χ0v) is 14.1. The summed E-state index contributed by atoms with van der Waals surface area (Å²) in [6, 6.07) is 12.2. The predicted molar refractivity (Wildman–Crippen MR) is 94.8 cm³/mol. The van der Waals surface area contributed by atoms with Gasteiger partial charge in [-0.2, -0.15) is 0 Å². The number of carbonyl (C=O) groups is 1. The normalized spacial score (nSPS) is 15.0. The second kappa shape index (κ2) is 7.90. The lowest BCUT2D eigenvalue weighted by Crippen LogP contribution is -2.28. The van der Waals surface area contributed by atoms with Crippen LogP contribution in [0.3, 0.4) is 0 Å². The number of hydrogen-bond acceptors (Lipinski definition) is 4. The van der Waals surface area contributed by atoms with Gasteiger partial charge < -0.3 is 10.2 Å². The van der Waals surface area contributed by atoms with Crippen LogP contribution in [0.25, 0.3) is 0 Å². The molecule has 1 aliphatic rings. The standard InChI is InChI=1S/C19H24N4O/c1-23(13-15-8-4-2-5-9-15)19(24)17-12-18(21-14-20-17)22-16-10-6-3-7-11-16/h2,4-5,8-9,12,14,16H,3,6-7,10-11,13H2,1H3,(H,20,21,22). The van der Waals surface area contributed by atoms with Crippen LogP contribution in [0.4, 0.5) is 5.82 Å². The topological polar surface area (TPSA) is 58.1 Å². The SMILES string of the molecule is CN(Cc1ccccc1)C(=O)c1cc(NC2CCCCC2)ncn1. The van der Waals surface area contributed by atoms with Gasteiger partial charge in [-0.05, 0) is 18.4 Å². The molecule has 1 N–H and O–H groups in total. The second-order valence-corrected chi connectivity index (χ2v) is 6.41. The molecule has 0 radical (unpaired) electrons. The minimum absolute atomic E-state index is 0.0899. The summed E-state index contributed by atoms with van der Waals surface area (Å²) in [5, 5.41) is 3.44. The van der Waals surface area contributed by atoms with Crippen LogP contribution in [-0.4, -0.2) is 33.9 Å². The molecule has 1 aromatic heterocycles. The average molecular weight is 324 g/mol. The van der Waals surface area contributed by atoms with Crippen molar-refractivity contribution in [2.75, 3.05) is 12.4 Å². The highest BCUT2D eigenvalue weighted by atomic mass is 16.2. The average Bonchev–Trinajstić information content (AvgIpc) is 2.63. The van der Waals surface area contributed by atoms with Crippen molar-refractivity contribution in [3.05, 3.63) is 54.0 Å². The van der Waals surface area contributed by atoms with Gasteiger partial charge in [0, 0.05) is 25.7 Å². The molecule has 1 fully saturated rings. The lowest BCUT2D eigenvalue weighted by atomic mass is 9.95. The van der Waals surface area contributed by atoms with Gasteiger partial charge in [-0.15, -0.1) is 0 Å². The number of benzene rings is 1. The summed E-state index contributed by atoms with van der Waals surface area (Å²) < 4.78 is 0. The zero-order valence-electron chi connectivity index (χ0n) is 14.1. The number of nitrogens with one attached hydrogen (secondary N) is 1. The molecule has 126 valence electrons. The van der Waals surface area contributed by atoms with Crippen LogP contribution < -0.4 is 5.32 Å². The van der Waals surface area contributed by atoms with Crippen LogP contribution in [-0.2, 0) is 6.54 Å². The van der Waals surface area contributed by atoms with Gasteiger partial charge in [0.15, 0.2) is 0 Å². The summed E-state index contributed by atoms with van der Waals surface area (Å²) in [6.45, 7) is 0.565. The first-order valence-corrected chi connectivity index (χ1v) is 8.60. The molecule has 5 nitrogen and oxygen atoms in total. The minimum Gasteiger partial charge on any atom is -0.367 e. The van der Waals surface area contributed by atoms with Gasteiger partial charge in [-0.25, -0.2) is 9.97 Å². The first-order valence-electron chi connectivity index (χ1n) is 8.60. The quantitative estimate of drug-likeness (QED) is 0.914. The van der Waals surface area contributed by atoms with Gasteiger partial charge in [0.25, 0.3) is 5.91 Å². The second-order valence-electron chi connectivity index (χ2n) is 6.41. The molecule has 0 spiro atoms. The molecule has 24 heavy (non-hydrogen) atoms. The smallest absolute Gasteiger partial charge is 0.272 e. The summed E-state index contributed by atoms with van der Waals surface area (Å²) in [6.07, 6.45) is 7.63. The predicted octanol–water partition coefficient (Wildman–Crippen LogP) is 3.49. The van der Waals surface area contributed by atoms with Gasteiger partial charge >= 0.3 is 0 Å². The first kappa shape index (κ1) is 16.4. The Hall–Kier alpha value is -2.43. The molecule has 2 aromatic rings. The Morgan fingerprint density at radius 3 is 2.67 bits per heavy atom. The maximum absolute atomic E-state index is 12.6. The lowest BCUT2D eigenvalue weighted by Gasteiger charge is -2.23. The van der Waals surface area contributed by atoms with Crippen molar-refractivity contribution in [2.45, 2.75) is 44.7 Å². The number of aromatic nitrogens is 2. The van der Waals surface area contributed by atoms with Gasteiger partial charge in [0.05, 0.1) is 0 Å². The fourth-order valence-electron chi connectivity index (χ4n) is 3.13. The van der Waals surface area contributed by atoms with E-state index in [0.29, 0.717) is 18.3 Å². The van der Waals surface area contributed by atoms with E-state index in [0.717, 1.165) is 11.4 Å². The zero-order chi connectivity index (χ0) is 16.8. The van der Waals surface area contributed by atoms with Crippen LogP contribution in [0.5, 0.6) is 0 Å². The van der Waals surface area contributed by atoms with Crippen molar-refractivity contribution in [1.29, 1.82) is 0 Å². The molecule has 0 unspecified atom stereocenters. The lowest BCUT2D eigenvalue weighted by molar-refractivity contribution is 0.0779. The van der Waals surface area contributed by atoms with Crippen LogP contribution in [0.15, 0.2) is 42.7 Å². The van der Waals surface area contributed by atoms with Gasteiger partial charge in [-0.1, -0.05) is 49.6 Å². The summed E-state index contributed by atoms with van der Waals surface area (Å²) in [5.41, 5.74) is 1.53. The van der Waals surface area contributed by atoms with E-state index in [1.165, 1.54) is 38.4 Å². The number of amides is 1. The van der Waals surface area contributed by atoms with Crippen molar-refractivity contribution in [1.82, 2.24) is 14.9 Å². The minimum atomic E-state index is -0.0899. The number of anilines is 1. The maximum atomic E-state index is 12.6. The van der Waals surface area contributed by atoms with Crippen molar-refractivity contribution in [2.24, 2.45) is 0 Å². The Labute approximate surface area is 143 Å². The number of carbonyl (C=O) groups excluding carboxylic acids is 1. The van der Waals surface area contributed by atoms with Crippen LogP contribution in [0.1, 0.15) is 48.2 Å². The number of hydrogen-bond donors (Lipinski definition) is 1. The van der Waals surface area contributed by atoms with Crippen LogP contribution in [0.2, 0.25) is 0 Å². The molecule has 1 saturated carbocycles. The molecule has 1 heterocycles. The summed E-state index contributed by atoms with van der Waals surface area (Å²) in [5.74, 6) is 0.654. The van der Waals surface area contributed by atoms with E-state index in [-0.39, 0.29) is 5.91 Å². The van der Waals surface area contributed by atoms with E-state index < -0.39 is 0 Å². The highest BCUT2D eigenvalue weighted by Gasteiger charge is 2.17. The van der Waals surface area contributed by atoms with Gasteiger partial charge in [0.1, 0.15) is 17.8 Å². The molecule has 1 aliphatic carbocycles. The monoisotopic (exact) mass is 324 g/mol. The molecule has 0 saturated heterocycles. The Kier molecular flexibility index (Phi) is 5.41. The van der Waals surface area contributed by atoms with Crippen molar-refractivity contribution >= 4 is 11.7 Å². The molecule has 5 heteroatoms. The van der Waals surface area contributed by atoms with E-state index in [9.17, 15) is 4.79 Å². The van der Waals surface area contributed by atoms with Crippen molar-refractivity contribution < 1.29 is 4.79 Å². The Balaban J connectivity index is 1.64. The third kappa shape index (κ3) is 4.31. The fraction of sp³-hybridized carbons (Fsp3) is 0.421. The van der Waals surface area contributed by atoms with E-state index in [1.54, 1.807) is 18.0 Å². The molecule has 0 atom stereocenters. The third-order valence-corrected chi connectivity index (χ3v) is 4.45. The maximum Gasteiger partial charge on any atom is 0.272 e. The Bertz CT molecular complexity index is 668. The third-order valence-electron chi connectivity index (χ3n) is 4.45. The van der Waals surface area contributed by atoms with E-state index in [1.807, 2.05) is 30.3 Å². The highest BCUT2D eigenvalue weighted by Crippen LogP contribution is 2.21. The van der Waals surface area contributed by atoms with E-state index in [2.05, 4.69) is 15.3 Å². The van der Waals surface area contributed by atoms with Crippen LogP contribution >= 0.6 is 0 Å². The number of nitrogens with zero attached hydrogens (tertiary/aromatic N) is 3. The summed E-state index contributed by atoms with van der Waals surface area (Å²) in [7, 11) is 1.80. The Morgan fingerprint density at radius 1 is 1.17 bits per heavy atom. The Morgan fingerprint density at radius 2 is 1.92 bits per heavy atom. The summed E-state index contributed by atoms with van der Waals surface area (Å²) in [4.78, 5) is 22.7. The first-order chi connectivity index (χ1) is 11.7. The van der Waals surface area contributed by atoms with Crippen molar-refractivity contribution in [3.8, 4) is 0 Å². The molecule has 1 amide bonds. The molecular formula is C19H24N4O. The molecule has 0 aliphatic heterocycles. The molecule has 3 rings (SSSR count). The van der Waals surface area contributed by atoms with Crippen molar-refractivity contribution in [3.63, 3.8) is 0 Å². The van der Waals surface area contributed by atoms with Crippen LogP contribution in [0, 0.1) is 0 Å². The van der Waals surface area contributed by atoms with E-state index in [4.69, 9.17) is 0 Å². The fourth-order valence-corrected chi connectivity index (χ4v) is 3.13. The van der Waals surface area contributed by atoms with Gasteiger partial charge in [-0.3, -0.25) is 4.79 Å². The van der Waals surface area contributed by atoms with Gasteiger partial charge in [0.2, 0.25) is 0 Å². The number of rotatable bonds is 5. The molecule has 0 bridgehead atoms. The highest BCUT2D eigenvalue weighted by molar-refractivity contribution is 5.92.